The fourth-order valence-electron chi connectivity index (χ4n) is 4.06. The van der Waals surface area contributed by atoms with E-state index in [2.05, 4.69) is 19.2 Å². The zero-order valence-corrected chi connectivity index (χ0v) is 11.3. The molecule has 2 fully saturated rings. The molecule has 2 rings (SSSR count). The van der Waals surface area contributed by atoms with Gasteiger partial charge in [0.2, 0.25) is 0 Å². The predicted octanol–water partition coefficient (Wildman–Crippen LogP) is 3.34. The van der Waals surface area contributed by atoms with Crippen molar-refractivity contribution in [1.29, 1.82) is 0 Å². The highest BCUT2D eigenvalue weighted by Gasteiger charge is 2.69. The van der Waals surface area contributed by atoms with Crippen molar-refractivity contribution < 1.29 is 9.53 Å². The minimum Gasteiger partial charge on any atom is -0.450 e. The smallest absolute Gasteiger partial charge is 0.407 e. The lowest BCUT2D eigenvalue weighted by atomic mass is 9.80. The molecular formula is C14H25NO2. The number of carbonyl (C=O) groups is 1. The van der Waals surface area contributed by atoms with E-state index in [1.165, 1.54) is 32.1 Å². The molecule has 0 aromatic carbocycles. The van der Waals surface area contributed by atoms with Crippen molar-refractivity contribution in [2.24, 2.45) is 16.7 Å². The first-order valence-corrected chi connectivity index (χ1v) is 6.95. The molecule has 1 amide bonds. The van der Waals surface area contributed by atoms with Gasteiger partial charge in [0.1, 0.15) is 0 Å². The van der Waals surface area contributed by atoms with E-state index in [0.29, 0.717) is 23.4 Å². The van der Waals surface area contributed by atoms with Crippen LogP contribution in [0.3, 0.4) is 0 Å². The average Bonchev–Trinajstić information content (AvgIpc) is 2.73. The zero-order chi connectivity index (χ0) is 12.5. The summed E-state index contributed by atoms with van der Waals surface area (Å²) < 4.78 is 4.91. The van der Waals surface area contributed by atoms with E-state index < -0.39 is 0 Å². The molecule has 3 heteroatoms. The summed E-state index contributed by atoms with van der Waals surface area (Å²) in [4.78, 5) is 11.3. The molecule has 0 aromatic rings. The lowest BCUT2D eigenvalue weighted by Gasteiger charge is -2.25. The van der Waals surface area contributed by atoms with E-state index in [4.69, 9.17) is 4.74 Å². The Hall–Kier alpha value is -0.730. The number of hydrogen-bond acceptors (Lipinski definition) is 2. The van der Waals surface area contributed by atoms with Crippen LogP contribution in [0.4, 0.5) is 4.79 Å². The highest BCUT2D eigenvalue weighted by Crippen LogP contribution is 2.74. The summed E-state index contributed by atoms with van der Waals surface area (Å²) in [5.41, 5.74) is 0.900. The molecule has 1 N–H and O–H groups in total. The minimum absolute atomic E-state index is 0.263. The summed E-state index contributed by atoms with van der Waals surface area (Å²) in [7, 11) is 0. The van der Waals surface area contributed by atoms with Gasteiger partial charge < -0.3 is 10.1 Å². The molecule has 0 saturated heterocycles. The van der Waals surface area contributed by atoms with Crippen molar-refractivity contribution in [2.45, 2.75) is 52.9 Å². The summed E-state index contributed by atoms with van der Waals surface area (Å²) in [6, 6.07) is 0. The molecule has 98 valence electrons. The van der Waals surface area contributed by atoms with Gasteiger partial charge in [-0.15, -0.1) is 0 Å². The number of hydrogen-bond donors (Lipinski definition) is 1. The predicted molar refractivity (Wildman–Crippen MR) is 67.8 cm³/mol. The minimum atomic E-state index is -0.263. The van der Waals surface area contributed by atoms with Crippen LogP contribution in [0, 0.1) is 16.7 Å². The van der Waals surface area contributed by atoms with Crippen LogP contribution >= 0.6 is 0 Å². The number of rotatable bonds is 3. The monoisotopic (exact) mass is 239 g/mol. The van der Waals surface area contributed by atoms with Crippen molar-refractivity contribution in [3.63, 3.8) is 0 Å². The first kappa shape index (κ1) is 12.7. The molecule has 1 unspecified atom stereocenters. The second-order valence-corrected chi connectivity index (χ2v) is 6.09. The number of carbonyl (C=O) groups excluding carboxylic acids is 1. The van der Waals surface area contributed by atoms with E-state index in [1.807, 2.05) is 6.92 Å². The maximum atomic E-state index is 11.3. The third-order valence-corrected chi connectivity index (χ3v) is 5.21. The van der Waals surface area contributed by atoms with E-state index >= 15 is 0 Å². The third kappa shape index (κ3) is 2.04. The number of alkyl carbamates (subject to hydrolysis) is 1. The van der Waals surface area contributed by atoms with Gasteiger partial charge in [0, 0.05) is 6.54 Å². The molecular weight excluding hydrogens is 214 g/mol. The Morgan fingerprint density at radius 1 is 1.29 bits per heavy atom. The highest BCUT2D eigenvalue weighted by atomic mass is 16.5. The second-order valence-electron chi connectivity index (χ2n) is 6.09. The quantitative estimate of drug-likeness (QED) is 0.820. The number of ether oxygens (including phenoxy) is 1. The maximum absolute atomic E-state index is 11.3. The summed E-state index contributed by atoms with van der Waals surface area (Å²) >= 11 is 0. The molecule has 2 aliphatic carbocycles. The topological polar surface area (TPSA) is 38.3 Å². The Morgan fingerprint density at radius 2 is 1.94 bits per heavy atom. The molecule has 3 nitrogen and oxygen atoms in total. The van der Waals surface area contributed by atoms with Gasteiger partial charge in [0.15, 0.2) is 0 Å². The molecule has 0 bridgehead atoms. The van der Waals surface area contributed by atoms with Crippen LogP contribution in [0.25, 0.3) is 0 Å². The molecule has 0 radical (unpaired) electrons. The van der Waals surface area contributed by atoms with Crippen molar-refractivity contribution in [3.05, 3.63) is 0 Å². The zero-order valence-electron chi connectivity index (χ0n) is 11.3. The Bertz CT molecular complexity index is 293. The normalized spacial score (nSPS) is 28.8. The van der Waals surface area contributed by atoms with E-state index in [1.54, 1.807) is 0 Å². The highest BCUT2D eigenvalue weighted by molar-refractivity contribution is 5.67. The van der Waals surface area contributed by atoms with E-state index in [0.717, 1.165) is 6.54 Å². The summed E-state index contributed by atoms with van der Waals surface area (Å²) in [5.74, 6) is 0.639. The van der Waals surface area contributed by atoms with Gasteiger partial charge >= 0.3 is 6.09 Å². The standard InChI is InChI=1S/C14H25NO2/c1-4-17-12(16)15-10-11-13(2,3)14(11)8-6-5-7-9-14/h11H,4-10H2,1-3H3,(H,15,16). The molecule has 0 heterocycles. The van der Waals surface area contributed by atoms with Gasteiger partial charge in [-0.2, -0.15) is 0 Å². The SMILES string of the molecule is CCOC(=O)NCC1C(C)(C)C12CCCCC2. The molecule has 0 aliphatic heterocycles. The third-order valence-electron chi connectivity index (χ3n) is 5.21. The van der Waals surface area contributed by atoms with Gasteiger partial charge in [-0.3, -0.25) is 0 Å². The largest absolute Gasteiger partial charge is 0.450 e. The van der Waals surface area contributed by atoms with Gasteiger partial charge in [-0.25, -0.2) is 4.79 Å². The number of amides is 1. The van der Waals surface area contributed by atoms with E-state index in [9.17, 15) is 4.79 Å². The fraction of sp³-hybridized carbons (Fsp3) is 0.929. The molecule has 0 aromatic heterocycles. The van der Waals surface area contributed by atoms with Crippen LogP contribution < -0.4 is 5.32 Å². The van der Waals surface area contributed by atoms with Crippen molar-refractivity contribution in [3.8, 4) is 0 Å². The van der Waals surface area contributed by atoms with Gasteiger partial charge in [0.25, 0.3) is 0 Å². The first-order valence-electron chi connectivity index (χ1n) is 6.95. The van der Waals surface area contributed by atoms with Gasteiger partial charge in [-0.1, -0.05) is 33.1 Å². The molecule has 2 saturated carbocycles. The second kappa shape index (κ2) is 4.51. The Balaban J connectivity index is 1.87. The Labute approximate surface area is 104 Å². The first-order chi connectivity index (χ1) is 8.04. The van der Waals surface area contributed by atoms with Crippen LogP contribution in [0.15, 0.2) is 0 Å². The van der Waals surface area contributed by atoms with Crippen molar-refractivity contribution >= 4 is 6.09 Å². The molecule has 1 spiro atoms. The summed E-state index contributed by atoms with van der Waals surface area (Å²) in [6.07, 6.45) is 6.53. The van der Waals surface area contributed by atoms with Crippen LogP contribution in [-0.2, 0) is 4.74 Å². The van der Waals surface area contributed by atoms with Crippen LogP contribution in [-0.4, -0.2) is 19.2 Å². The fourth-order valence-corrected chi connectivity index (χ4v) is 4.06. The van der Waals surface area contributed by atoms with Gasteiger partial charge in [-0.05, 0) is 36.5 Å². The lowest BCUT2D eigenvalue weighted by molar-refractivity contribution is 0.151. The van der Waals surface area contributed by atoms with Crippen molar-refractivity contribution in [2.75, 3.05) is 13.2 Å². The Kier molecular flexibility index (Phi) is 3.37. The molecule has 17 heavy (non-hydrogen) atoms. The van der Waals surface area contributed by atoms with Crippen LogP contribution in [0.2, 0.25) is 0 Å². The van der Waals surface area contributed by atoms with Crippen LogP contribution in [0.1, 0.15) is 52.9 Å². The lowest BCUT2D eigenvalue weighted by Crippen LogP contribution is -2.28. The molecule has 2 aliphatic rings. The van der Waals surface area contributed by atoms with Crippen molar-refractivity contribution in [1.82, 2.24) is 5.32 Å². The Morgan fingerprint density at radius 3 is 2.53 bits per heavy atom. The maximum Gasteiger partial charge on any atom is 0.407 e. The van der Waals surface area contributed by atoms with E-state index in [-0.39, 0.29) is 6.09 Å². The summed E-state index contributed by atoms with van der Waals surface area (Å²) in [6.45, 7) is 7.78. The number of nitrogens with one attached hydrogen (secondary N) is 1. The summed E-state index contributed by atoms with van der Waals surface area (Å²) in [5, 5.41) is 2.91. The average molecular weight is 239 g/mol. The van der Waals surface area contributed by atoms with Gasteiger partial charge in [0.05, 0.1) is 6.61 Å². The van der Waals surface area contributed by atoms with Crippen LogP contribution in [0.5, 0.6) is 0 Å². The molecule has 1 atom stereocenters.